The number of ketones is 1. The number of aromatic nitrogens is 1. The number of nitrogens with zero attached hydrogens (tertiary/aromatic N) is 1. The summed E-state index contributed by atoms with van der Waals surface area (Å²) in [6.45, 7) is 0. The molecule has 0 N–H and O–H groups in total. The molecule has 2 heterocycles. The summed E-state index contributed by atoms with van der Waals surface area (Å²) in [5.74, 6) is -0.581. The molecule has 0 atom stereocenters. The molecule has 4 rings (SSSR count). The Labute approximate surface area is 159 Å². The van der Waals surface area contributed by atoms with Crippen LogP contribution >= 0.6 is 11.3 Å². The Morgan fingerprint density at radius 2 is 1.56 bits per heavy atom. The zero-order chi connectivity index (χ0) is 18.8. The van der Waals surface area contributed by atoms with Crippen LogP contribution < -0.4 is 0 Å². The van der Waals surface area contributed by atoms with E-state index in [1.807, 2.05) is 12.1 Å². The zero-order valence-corrected chi connectivity index (χ0v) is 15.1. The van der Waals surface area contributed by atoms with Crippen LogP contribution in [0.15, 0.2) is 66.9 Å². The number of halogens is 2. The molecule has 27 heavy (non-hydrogen) atoms. The van der Waals surface area contributed by atoms with Gasteiger partial charge in [0.15, 0.2) is 0 Å². The van der Waals surface area contributed by atoms with Crippen LogP contribution in [0.3, 0.4) is 0 Å². The monoisotopic (exact) mass is 379 g/mol. The lowest BCUT2D eigenvalue weighted by atomic mass is 9.99. The van der Waals surface area contributed by atoms with Gasteiger partial charge in [-0.2, -0.15) is 0 Å². The third kappa shape index (κ3) is 3.78. The first-order valence-corrected chi connectivity index (χ1v) is 9.30. The molecule has 2 aromatic heterocycles. The van der Waals surface area contributed by atoms with Gasteiger partial charge in [-0.15, -0.1) is 11.3 Å². The Balaban J connectivity index is 1.68. The molecule has 0 amide bonds. The molecule has 0 unspecified atom stereocenters. The van der Waals surface area contributed by atoms with Gasteiger partial charge in [0.2, 0.25) is 0 Å². The molecular formula is C22H15F2NOS. The third-order valence-corrected chi connectivity index (χ3v) is 5.46. The first-order valence-electron chi connectivity index (χ1n) is 8.48. The molecule has 0 saturated heterocycles. The number of hydrogen-bond donors (Lipinski definition) is 0. The maximum absolute atomic E-state index is 13.3. The summed E-state index contributed by atoms with van der Waals surface area (Å²) >= 11 is 1.48. The number of rotatable bonds is 5. The van der Waals surface area contributed by atoms with Gasteiger partial charge in [0, 0.05) is 34.9 Å². The first-order chi connectivity index (χ1) is 13.1. The first kappa shape index (κ1) is 17.5. The van der Waals surface area contributed by atoms with E-state index in [1.165, 1.54) is 35.6 Å². The highest BCUT2D eigenvalue weighted by Crippen LogP contribution is 2.38. The van der Waals surface area contributed by atoms with Gasteiger partial charge < -0.3 is 0 Å². The normalized spacial score (nSPS) is 11.0. The number of benzene rings is 2. The Morgan fingerprint density at radius 1 is 0.889 bits per heavy atom. The topological polar surface area (TPSA) is 30.0 Å². The molecule has 0 radical (unpaired) electrons. The van der Waals surface area contributed by atoms with E-state index in [1.54, 1.807) is 30.5 Å². The van der Waals surface area contributed by atoms with Crippen molar-refractivity contribution in [2.75, 3.05) is 0 Å². The largest absolute Gasteiger partial charge is 0.299 e. The molecular weight excluding hydrogens is 364 g/mol. The molecule has 0 aliphatic rings. The molecule has 2 nitrogen and oxygen atoms in total. The molecule has 0 saturated carbocycles. The fourth-order valence-corrected chi connectivity index (χ4v) is 4.30. The average molecular weight is 379 g/mol. The number of thiophene rings is 1. The molecule has 0 spiro atoms. The van der Waals surface area contributed by atoms with Crippen molar-refractivity contribution >= 4 is 27.3 Å². The minimum Gasteiger partial charge on any atom is -0.299 e. The highest BCUT2D eigenvalue weighted by atomic mass is 32.1. The van der Waals surface area contributed by atoms with Crippen molar-refractivity contribution in [2.24, 2.45) is 0 Å². The Morgan fingerprint density at radius 3 is 2.26 bits per heavy atom. The standard InChI is InChI=1S/C22H15F2NOS/c23-16-7-3-14(4-8-16)12-18(26)13-20-21(15-5-9-17(24)10-6-15)19-2-1-11-25-22(19)27-20/h1-11H,12-13H2. The zero-order valence-electron chi connectivity index (χ0n) is 14.3. The summed E-state index contributed by atoms with van der Waals surface area (Å²) < 4.78 is 26.4. The SMILES string of the molecule is O=C(Cc1ccc(F)cc1)Cc1sc2ncccc2c1-c1ccc(F)cc1. The van der Waals surface area contributed by atoms with E-state index in [2.05, 4.69) is 4.98 Å². The maximum Gasteiger partial charge on any atom is 0.142 e. The van der Waals surface area contributed by atoms with Crippen molar-refractivity contribution in [3.05, 3.63) is 88.9 Å². The average Bonchev–Trinajstić information content (AvgIpc) is 3.02. The molecule has 0 aliphatic heterocycles. The lowest BCUT2D eigenvalue weighted by molar-refractivity contribution is -0.117. The summed E-state index contributed by atoms with van der Waals surface area (Å²) in [6, 6.07) is 16.1. The molecule has 0 aliphatic carbocycles. The minimum absolute atomic E-state index is 0.0384. The van der Waals surface area contributed by atoms with Gasteiger partial charge in [-0.05, 0) is 47.5 Å². The van der Waals surface area contributed by atoms with Crippen LogP contribution in [0, 0.1) is 11.6 Å². The predicted octanol–water partition coefficient (Wildman–Crippen LogP) is 5.60. The van der Waals surface area contributed by atoms with Crippen LogP contribution in [0.25, 0.3) is 21.3 Å². The van der Waals surface area contributed by atoms with E-state index in [0.717, 1.165) is 31.8 Å². The Hall–Kier alpha value is -2.92. The second-order valence-corrected chi connectivity index (χ2v) is 7.37. The highest BCUT2D eigenvalue weighted by molar-refractivity contribution is 7.19. The maximum atomic E-state index is 13.3. The van der Waals surface area contributed by atoms with E-state index >= 15 is 0 Å². The van der Waals surface area contributed by atoms with E-state index < -0.39 is 0 Å². The Kier molecular flexibility index (Phi) is 4.77. The van der Waals surface area contributed by atoms with E-state index in [-0.39, 0.29) is 30.3 Å². The Bertz CT molecular complexity index is 1100. The summed E-state index contributed by atoms with van der Waals surface area (Å²) in [4.78, 5) is 18.8. The molecule has 5 heteroatoms. The number of carbonyl (C=O) groups excluding carboxylic acids is 1. The summed E-state index contributed by atoms with van der Waals surface area (Å²) in [5.41, 5.74) is 2.57. The third-order valence-electron chi connectivity index (χ3n) is 4.34. The van der Waals surface area contributed by atoms with E-state index in [4.69, 9.17) is 0 Å². The van der Waals surface area contributed by atoms with Crippen molar-refractivity contribution in [1.82, 2.24) is 4.98 Å². The predicted molar refractivity (Wildman–Crippen MR) is 104 cm³/mol. The van der Waals surface area contributed by atoms with Gasteiger partial charge in [-0.1, -0.05) is 24.3 Å². The number of pyridine rings is 1. The lowest BCUT2D eigenvalue weighted by Gasteiger charge is -2.06. The van der Waals surface area contributed by atoms with Crippen LogP contribution in [-0.2, 0) is 17.6 Å². The van der Waals surface area contributed by atoms with Gasteiger partial charge in [-0.25, -0.2) is 13.8 Å². The summed E-state index contributed by atoms with van der Waals surface area (Å²) in [5, 5.41) is 0.957. The van der Waals surface area contributed by atoms with E-state index in [0.29, 0.717) is 0 Å². The van der Waals surface area contributed by atoms with Gasteiger partial charge in [0.25, 0.3) is 0 Å². The quantitative estimate of drug-likeness (QED) is 0.452. The number of hydrogen-bond acceptors (Lipinski definition) is 3. The van der Waals surface area contributed by atoms with E-state index in [9.17, 15) is 13.6 Å². The summed E-state index contributed by atoms with van der Waals surface area (Å²) in [6.07, 6.45) is 2.22. The molecule has 134 valence electrons. The van der Waals surface area contributed by atoms with Gasteiger partial charge in [0.1, 0.15) is 22.2 Å². The molecule has 4 aromatic rings. The number of fused-ring (bicyclic) bond motifs is 1. The second kappa shape index (κ2) is 7.37. The van der Waals surface area contributed by atoms with Crippen LogP contribution in [0.2, 0.25) is 0 Å². The number of carbonyl (C=O) groups is 1. The van der Waals surface area contributed by atoms with Gasteiger partial charge in [0.05, 0.1) is 0 Å². The van der Waals surface area contributed by atoms with Crippen molar-refractivity contribution in [3.63, 3.8) is 0 Å². The molecule has 0 bridgehead atoms. The van der Waals surface area contributed by atoms with Crippen molar-refractivity contribution in [1.29, 1.82) is 0 Å². The van der Waals surface area contributed by atoms with Crippen molar-refractivity contribution in [3.8, 4) is 11.1 Å². The highest BCUT2D eigenvalue weighted by Gasteiger charge is 2.17. The van der Waals surface area contributed by atoms with Crippen molar-refractivity contribution in [2.45, 2.75) is 12.8 Å². The molecule has 2 aromatic carbocycles. The smallest absolute Gasteiger partial charge is 0.142 e. The molecule has 0 fully saturated rings. The van der Waals surface area contributed by atoms with Crippen LogP contribution in [0.4, 0.5) is 8.78 Å². The van der Waals surface area contributed by atoms with Crippen molar-refractivity contribution < 1.29 is 13.6 Å². The van der Waals surface area contributed by atoms with Gasteiger partial charge >= 0.3 is 0 Å². The van der Waals surface area contributed by atoms with Crippen LogP contribution in [0.1, 0.15) is 10.4 Å². The minimum atomic E-state index is -0.319. The van der Waals surface area contributed by atoms with Crippen LogP contribution in [0.5, 0.6) is 0 Å². The fourth-order valence-electron chi connectivity index (χ4n) is 3.11. The van der Waals surface area contributed by atoms with Gasteiger partial charge in [-0.3, -0.25) is 4.79 Å². The fraction of sp³-hybridized carbons (Fsp3) is 0.0909. The van der Waals surface area contributed by atoms with Crippen LogP contribution in [-0.4, -0.2) is 10.8 Å². The second-order valence-electron chi connectivity index (χ2n) is 6.28. The number of Topliss-reactive ketones (excluding diaryl/α,β-unsaturated/α-hetero) is 1. The summed E-state index contributed by atoms with van der Waals surface area (Å²) in [7, 11) is 0. The lowest BCUT2D eigenvalue weighted by Crippen LogP contribution is -2.06.